The molecular formula is C14H25N3OS. The van der Waals surface area contributed by atoms with E-state index in [1.165, 1.54) is 25.9 Å². The van der Waals surface area contributed by atoms with E-state index in [9.17, 15) is 0 Å². The van der Waals surface area contributed by atoms with Crippen LogP contribution in [0.5, 0.6) is 0 Å². The van der Waals surface area contributed by atoms with Crippen molar-refractivity contribution in [1.82, 2.24) is 15.5 Å². The minimum Gasteiger partial charge on any atom is -0.383 e. The van der Waals surface area contributed by atoms with Crippen LogP contribution in [0.15, 0.2) is 12.7 Å². The minimum absolute atomic E-state index is 0.622. The first-order chi connectivity index (χ1) is 9.24. The fourth-order valence-electron chi connectivity index (χ4n) is 3.20. The average Bonchev–Trinajstić information content (AvgIpc) is 2.46. The van der Waals surface area contributed by atoms with Crippen molar-refractivity contribution in [2.45, 2.75) is 18.9 Å². The molecule has 3 aliphatic rings. The van der Waals surface area contributed by atoms with Crippen molar-refractivity contribution in [1.29, 1.82) is 0 Å². The van der Waals surface area contributed by atoms with E-state index in [1.54, 1.807) is 7.11 Å². The number of methoxy groups -OCH3 is 1. The molecule has 108 valence electrons. The van der Waals surface area contributed by atoms with Crippen LogP contribution < -0.4 is 10.6 Å². The van der Waals surface area contributed by atoms with Crippen molar-refractivity contribution in [3.8, 4) is 0 Å². The number of rotatable bonds is 6. The van der Waals surface area contributed by atoms with Gasteiger partial charge in [-0.25, -0.2) is 0 Å². The number of hydrogen-bond acceptors (Lipinski definition) is 3. The van der Waals surface area contributed by atoms with Gasteiger partial charge < -0.3 is 15.4 Å². The summed E-state index contributed by atoms with van der Waals surface area (Å²) in [7, 11) is 1.69. The molecule has 5 heteroatoms. The second-order valence-electron chi connectivity index (χ2n) is 5.46. The fourth-order valence-corrected chi connectivity index (χ4v) is 3.38. The number of fused-ring (bicyclic) bond motifs is 3. The van der Waals surface area contributed by atoms with Gasteiger partial charge >= 0.3 is 0 Å². The smallest absolute Gasteiger partial charge is 0.166 e. The summed E-state index contributed by atoms with van der Waals surface area (Å²) in [4.78, 5) is 2.58. The standard InChI is InChI=1S/C14H25N3OS/c1-3-11-10-17-6-4-12(11)8-13(17)9-16-14(19)15-5-7-18-2/h3,11-13H,1,4-10H2,2H3,(H2,15,16,19)/t11-,12+,13+/m0/s1. The summed E-state index contributed by atoms with van der Waals surface area (Å²) >= 11 is 5.26. The third-order valence-corrected chi connectivity index (χ3v) is 4.61. The van der Waals surface area contributed by atoms with Crippen molar-refractivity contribution in [3.05, 3.63) is 12.7 Å². The fraction of sp³-hybridized carbons (Fsp3) is 0.786. The molecule has 2 N–H and O–H groups in total. The van der Waals surface area contributed by atoms with E-state index < -0.39 is 0 Å². The molecule has 3 rings (SSSR count). The second-order valence-corrected chi connectivity index (χ2v) is 5.87. The maximum Gasteiger partial charge on any atom is 0.166 e. The zero-order valence-corrected chi connectivity index (χ0v) is 12.5. The van der Waals surface area contributed by atoms with E-state index in [1.807, 2.05) is 0 Å². The van der Waals surface area contributed by atoms with Gasteiger partial charge in [0.25, 0.3) is 0 Å². The van der Waals surface area contributed by atoms with Crippen LogP contribution in [0, 0.1) is 11.8 Å². The summed E-state index contributed by atoms with van der Waals surface area (Å²) in [6, 6.07) is 0.622. The monoisotopic (exact) mass is 283 g/mol. The van der Waals surface area contributed by atoms with Crippen LogP contribution in [0.4, 0.5) is 0 Å². The van der Waals surface area contributed by atoms with Gasteiger partial charge in [0.2, 0.25) is 0 Å². The molecule has 4 nitrogen and oxygen atoms in total. The summed E-state index contributed by atoms with van der Waals surface area (Å²) in [6.07, 6.45) is 4.73. The molecule has 19 heavy (non-hydrogen) atoms. The number of piperidine rings is 3. The van der Waals surface area contributed by atoms with Crippen molar-refractivity contribution in [3.63, 3.8) is 0 Å². The molecule has 0 aromatic rings. The first kappa shape index (κ1) is 14.8. The molecule has 4 atom stereocenters. The van der Waals surface area contributed by atoms with E-state index in [0.717, 1.165) is 24.1 Å². The quantitative estimate of drug-likeness (QED) is 0.432. The summed E-state index contributed by atoms with van der Waals surface area (Å²) in [5.41, 5.74) is 0. The maximum absolute atomic E-state index is 5.26. The largest absolute Gasteiger partial charge is 0.383 e. The third kappa shape index (κ3) is 3.91. The first-order valence-corrected chi connectivity index (χ1v) is 7.52. The molecule has 0 saturated carbocycles. The van der Waals surface area contributed by atoms with Gasteiger partial charge in [-0.1, -0.05) is 6.08 Å². The Labute approximate surface area is 121 Å². The van der Waals surface area contributed by atoms with Gasteiger partial charge in [0.1, 0.15) is 0 Å². The Morgan fingerprint density at radius 1 is 1.53 bits per heavy atom. The lowest BCUT2D eigenvalue weighted by molar-refractivity contribution is 0.0215. The third-order valence-electron chi connectivity index (χ3n) is 4.32. The molecule has 3 aliphatic heterocycles. The van der Waals surface area contributed by atoms with Gasteiger partial charge in [-0.15, -0.1) is 6.58 Å². The van der Waals surface area contributed by atoms with Gasteiger partial charge in [0.15, 0.2) is 5.11 Å². The molecule has 2 bridgehead atoms. The number of hydrogen-bond donors (Lipinski definition) is 2. The Morgan fingerprint density at radius 2 is 2.37 bits per heavy atom. The van der Waals surface area contributed by atoms with Crippen LogP contribution in [0.3, 0.4) is 0 Å². The molecule has 3 saturated heterocycles. The van der Waals surface area contributed by atoms with Gasteiger partial charge in [-0.05, 0) is 43.4 Å². The molecule has 0 aromatic heterocycles. The van der Waals surface area contributed by atoms with Crippen LogP contribution in [0.25, 0.3) is 0 Å². The minimum atomic E-state index is 0.622. The lowest BCUT2D eigenvalue weighted by atomic mass is 9.76. The van der Waals surface area contributed by atoms with Crippen molar-refractivity contribution >= 4 is 17.3 Å². The predicted octanol–water partition coefficient (Wildman–Crippen LogP) is 0.993. The Kier molecular flexibility index (Phi) is 5.60. The average molecular weight is 283 g/mol. The van der Waals surface area contributed by atoms with Crippen LogP contribution in [-0.4, -0.2) is 55.9 Å². The second kappa shape index (κ2) is 7.22. The van der Waals surface area contributed by atoms with Crippen LogP contribution in [0.1, 0.15) is 12.8 Å². The SMILES string of the molecule is C=C[C@H]1CN2CC[C@@H]1C[C@@H]2CNC(=S)NCCOC. The highest BCUT2D eigenvalue weighted by Gasteiger charge is 2.38. The molecule has 0 radical (unpaired) electrons. The Balaban J connectivity index is 1.70. The van der Waals surface area contributed by atoms with Crippen LogP contribution in [-0.2, 0) is 4.74 Å². The molecule has 0 aromatic carbocycles. The Hall–Kier alpha value is -0.650. The lowest BCUT2D eigenvalue weighted by Gasteiger charge is -2.49. The summed E-state index contributed by atoms with van der Waals surface area (Å²) in [5, 5.41) is 7.21. The van der Waals surface area contributed by atoms with E-state index in [-0.39, 0.29) is 0 Å². The lowest BCUT2D eigenvalue weighted by Crippen LogP contribution is -2.57. The van der Waals surface area contributed by atoms with Crippen molar-refractivity contribution in [2.24, 2.45) is 11.8 Å². The van der Waals surface area contributed by atoms with Crippen molar-refractivity contribution < 1.29 is 4.74 Å². The molecule has 3 heterocycles. The normalized spacial score (nSPS) is 32.9. The number of ether oxygens (including phenoxy) is 1. The maximum atomic E-state index is 5.26. The predicted molar refractivity (Wildman–Crippen MR) is 82.3 cm³/mol. The number of thiocarbonyl (C=S) groups is 1. The van der Waals surface area contributed by atoms with E-state index in [4.69, 9.17) is 17.0 Å². The van der Waals surface area contributed by atoms with E-state index in [0.29, 0.717) is 18.6 Å². The highest BCUT2D eigenvalue weighted by Crippen LogP contribution is 2.36. The van der Waals surface area contributed by atoms with Gasteiger partial charge in [-0.2, -0.15) is 0 Å². The van der Waals surface area contributed by atoms with E-state index in [2.05, 4.69) is 28.2 Å². The molecular weight excluding hydrogens is 258 g/mol. The molecule has 0 amide bonds. The topological polar surface area (TPSA) is 36.5 Å². The van der Waals surface area contributed by atoms with Crippen molar-refractivity contribution in [2.75, 3.05) is 39.9 Å². The number of nitrogens with one attached hydrogen (secondary N) is 2. The molecule has 0 aliphatic carbocycles. The summed E-state index contributed by atoms with van der Waals surface area (Å²) in [5.74, 6) is 1.51. The zero-order chi connectivity index (χ0) is 13.7. The molecule has 1 unspecified atom stereocenters. The molecule has 3 fully saturated rings. The highest BCUT2D eigenvalue weighted by atomic mass is 32.1. The van der Waals surface area contributed by atoms with Gasteiger partial charge in [-0.3, -0.25) is 4.90 Å². The highest BCUT2D eigenvalue weighted by molar-refractivity contribution is 7.80. The summed E-state index contributed by atoms with van der Waals surface area (Å²) < 4.78 is 4.98. The Morgan fingerprint density at radius 3 is 3.00 bits per heavy atom. The van der Waals surface area contributed by atoms with Crippen LogP contribution >= 0.6 is 12.2 Å². The Bertz CT molecular complexity index is 324. The molecule has 0 spiro atoms. The van der Waals surface area contributed by atoms with Crippen LogP contribution in [0.2, 0.25) is 0 Å². The van der Waals surface area contributed by atoms with Gasteiger partial charge in [0, 0.05) is 32.8 Å². The zero-order valence-electron chi connectivity index (χ0n) is 11.7. The first-order valence-electron chi connectivity index (χ1n) is 7.11. The van der Waals surface area contributed by atoms with E-state index >= 15 is 0 Å². The van der Waals surface area contributed by atoms with Gasteiger partial charge in [0.05, 0.1) is 6.61 Å². The summed E-state index contributed by atoms with van der Waals surface area (Å²) in [6.45, 7) is 8.74. The number of nitrogens with zero attached hydrogens (tertiary/aromatic N) is 1.